The Morgan fingerprint density at radius 2 is 1.65 bits per heavy atom. The molecule has 0 aliphatic carbocycles. The van der Waals surface area contributed by atoms with Crippen molar-refractivity contribution in [2.75, 3.05) is 10.8 Å². The second kappa shape index (κ2) is 8.85. The SMILES string of the molecule is CCc1ccc(N(CC(=O)NC(C)CC)S(=O)(=O)c2ccccc2)cc1. The third-order valence-electron chi connectivity index (χ3n) is 4.27. The molecular weight excluding hydrogens is 348 g/mol. The minimum atomic E-state index is -3.84. The van der Waals surface area contributed by atoms with Gasteiger partial charge in [-0.3, -0.25) is 9.10 Å². The number of nitrogens with one attached hydrogen (secondary N) is 1. The standard InChI is InChI=1S/C20H26N2O3S/c1-4-16(3)21-20(23)15-22(18-13-11-17(5-2)12-14-18)26(24,25)19-9-7-6-8-10-19/h6-14,16H,4-5,15H2,1-3H3,(H,21,23). The molecule has 6 heteroatoms. The number of benzene rings is 2. The van der Waals surface area contributed by atoms with Gasteiger partial charge in [0.05, 0.1) is 10.6 Å². The average Bonchev–Trinajstić information content (AvgIpc) is 2.66. The van der Waals surface area contributed by atoms with Gasteiger partial charge in [0.25, 0.3) is 10.0 Å². The molecule has 0 aliphatic rings. The van der Waals surface area contributed by atoms with E-state index in [0.717, 1.165) is 18.4 Å². The zero-order valence-corrected chi connectivity index (χ0v) is 16.3. The number of sulfonamides is 1. The van der Waals surface area contributed by atoms with E-state index >= 15 is 0 Å². The molecule has 5 nitrogen and oxygen atoms in total. The highest BCUT2D eigenvalue weighted by atomic mass is 32.2. The molecule has 1 unspecified atom stereocenters. The molecule has 0 aliphatic heterocycles. The highest BCUT2D eigenvalue weighted by Crippen LogP contribution is 2.24. The van der Waals surface area contributed by atoms with Gasteiger partial charge in [-0.15, -0.1) is 0 Å². The predicted molar refractivity (Wildman–Crippen MR) is 105 cm³/mol. The van der Waals surface area contributed by atoms with E-state index in [0.29, 0.717) is 5.69 Å². The summed E-state index contributed by atoms with van der Waals surface area (Å²) in [6.45, 7) is 5.64. The minimum absolute atomic E-state index is 0.00810. The highest BCUT2D eigenvalue weighted by Gasteiger charge is 2.27. The second-order valence-corrected chi connectivity index (χ2v) is 8.08. The maximum absolute atomic E-state index is 13.1. The van der Waals surface area contributed by atoms with Crippen LogP contribution in [-0.4, -0.2) is 26.9 Å². The van der Waals surface area contributed by atoms with Crippen molar-refractivity contribution in [1.29, 1.82) is 0 Å². The molecule has 0 fully saturated rings. The molecule has 0 aromatic heterocycles. The Morgan fingerprint density at radius 3 is 2.19 bits per heavy atom. The number of amides is 1. The Bertz CT molecular complexity index is 818. The first-order valence-electron chi connectivity index (χ1n) is 8.84. The van der Waals surface area contributed by atoms with E-state index in [1.54, 1.807) is 30.3 Å². The molecule has 0 bridgehead atoms. The zero-order chi connectivity index (χ0) is 19.2. The molecule has 1 amide bonds. The second-order valence-electron chi connectivity index (χ2n) is 6.22. The molecule has 26 heavy (non-hydrogen) atoms. The van der Waals surface area contributed by atoms with E-state index in [4.69, 9.17) is 0 Å². The summed E-state index contributed by atoms with van der Waals surface area (Å²) in [4.78, 5) is 12.5. The number of nitrogens with zero attached hydrogens (tertiary/aromatic N) is 1. The van der Waals surface area contributed by atoms with Gasteiger partial charge in [0.1, 0.15) is 6.54 Å². The molecule has 1 atom stereocenters. The Labute approximate surface area is 156 Å². The summed E-state index contributed by atoms with van der Waals surface area (Å²) in [6, 6.07) is 15.4. The van der Waals surface area contributed by atoms with E-state index in [1.807, 2.05) is 32.9 Å². The van der Waals surface area contributed by atoms with Crippen molar-refractivity contribution in [2.45, 2.75) is 44.6 Å². The summed E-state index contributed by atoms with van der Waals surface area (Å²) < 4.78 is 27.4. The van der Waals surface area contributed by atoms with Gasteiger partial charge in [0.2, 0.25) is 5.91 Å². The monoisotopic (exact) mass is 374 g/mol. The third kappa shape index (κ3) is 4.85. The molecule has 0 heterocycles. The number of anilines is 1. The third-order valence-corrected chi connectivity index (χ3v) is 6.06. The summed E-state index contributed by atoms with van der Waals surface area (Å²) in [7, 11) is -3.84. The Balaban J connectivity index is 2.39. The molecule has 0 spiro atoms. The van der Waals surface area contributed by atoms with E-state index in [2.05, 4.69) is 5.32 Å². The van der Waals surface area contributed by atoms with Gasteiger partial charge in [0, 0.05) is 6.04 Å². The van der Waals surface area contributed by atoms with Crippen LogP contribution in [0.5, 0.6) is 0 Å². The first kappa shape index (κ1) is 20.0. The van der Waals surface area contributed by atoms with Crippen molar-refractivity contribution in [3.63, 3.8) is 0 Å². The van der Waals surface area contributed by atoms with Crippen LogP contribution in [0.4, 0.5) is 5.69 Å². The first-order chi connectivity index (χ1) is 12.4. The van der Waals surface area contributed by atoms with Crippen molar-refractivity contribution >= 4 is 21.6 Å². The van der Waals surface area contributed by atoms with Crippen LogP contribution in [0.1, 0.15) is 32.8 Å². The van der Waals surface area contributed by atoms with Crippen LogP contribution in [-0.2, 0) is 21.2 Å². The molecule has 0 saturated heterocycles. The van der Waals surface area contributed by atoms with Crippen LogP contribution in [0.25, 0.3) is 0 Å². The quantitative estimate of drug-likeness (QED) is 0.770. The zero-order valence-electron chi connectivity index (χ0n) is 15.5. The van der Waals surface area contributed by atoms with Gasteiger partial charge in [-0.05, 0) is 49.6 Å². The van der Waals surface area contributed by atoms with Crippen molar-refractivity contribution in [3.05, 3.63) is 60.2 Å². The van der Waals surface area contributed by atoms with E-state index in [-0.39, 0.29) is 23.4 Å². The normalized spacial score (nSPS) is 12.4. The predicted octanol–water partition coefficient (Wildman–Crippen LogP) is 3.36. The smallest absolute Gasteiger partial charge is 0.264 e. The van der Waals surface area contributed by atoms with Crippen LogP contribution >= 0.6 is 0 Å². The van der Waals surface area contributed by atoms with Crippen LogP contribution in [0.15, 0.2) is 59.5 Å². The van der Waals surface area contributed by atoms with Crippen LogP contribution < -0.4 is 9.62 Å². The molecule has 0 radical (unpaired) electrons. The fraction of sp³-hybridized carbons (Fsp3) is 0.350. The largest absolute Gasteiger partial charge is 0.352 e. The molecule has 0 saturated carbocycles. The molecule has 2 rings (SSSR count). The fourth-order valence-corrected chi connectivity index (χ4v) is 3.93. The number of carbonyl (C=O) groups excluding carboxylic acids is 1. The summed E-state index contributed by atoms with van der Waals surface area (Å²) in [5.41, 5.74) is 1.58. The average molecular weight is 375 g/mol. The van der Waals surface area contributed by atoms with Gasteiger partial charge in [-0.2, -0.15) is 0 Å². The number of rotatable bonds is 8. The highest BCUT2D eigenvalue weighted by molar-refractivity contribution is 7.92. The van der Waals surface area contributed by atoms with Crippen molar-refractivity contribution < 1.29 is 13.2 Å². The lowest BCUT2D eigenvalue weighted by molar-refractivity contribution is -0.120. The molecule has 140 valence electrons. The van der Waals surface area contributed by atoms with Gasteiger partial charge < -0.3 is 5.32 Å². The van der Waals surface area contributed by atoms with Gasteiger partial charge in [-0.25, -0.2) is 8.42 Å². The lowest BCUT2D eigenvalue weighted by atomic mass is 10.1. The summed E-state index contributed by atoms with van der Waals surface area (Å²) >= 11 is 0. The maximum atomic E-state index is 13.1. The summed E-state index contributed by atoms with van der Waals surface area (Å²) in [5, 5.41) is 2.83. The number of carbonyl (C=O) groups is 1. The number of hydrogen-bond donors (Lipinski definition) is 1. The lowest BCUT2D eigenvalue weighted by Gasteiger charge is -2.25. The summed E-state index contributed by atoms with van der Waals surface area (Å²) in [6.07, 6.45) is 1.64. The first-order valence-corrected chi connectivity index (χ1v) is 10.3. The van der Waals surface area contributed by atoms with Gasteiger partial charge in [0.15, 0.2) is 0 Å². The van der Waals surface area contributed by atoms with Crippen molar-refractivity contribution in [2.24, 2.45) is 0 Å². The Morgan fingerprint density at radius 1 is 1.04 bits per heavy atom. The minimum Gasteiger partial charge on any atom is -0.352 e. The van der Waals surface area contributed by atoms with Crippen LogP contribution in [0, 0.1) is 0 Å². The Hall–Kier alpha value is -2.34. The van der Waals surface area contributed by atoms with Crippen LogP contribution in [0.2, 0.25) is 0 Å². The molecule has 2 aromatic rings. The molecule has 1 N–H and O–H groups in total. The van der Waals surface area contributed by atoms with E-state index in [1.165, 1.54) is 16.4 Å². The molecule has 2 aromatic carbocycles. The summed E-state index contributed by atoms with van der Waals surface area (Å²) in [5.74, 6) is -0.321. The van der Waals surface area contributed by atoms with E-state index in [9.17, 15) is 13.2 Å². The number of hydrogen-bond acceptors (Lipinski definition) is 3. The number of aryl methyl sites for hydroxylation is 1. The van der Waals surface area contributed by atoms with E-state index < -0.39 is 10.0 Å². The van der Waals surface area contributed by atoms with Crippen LogP contribution in [0.3, 0.4) is 0 Å². The van der Waals surface area contributed by atoms with Gasteiger partial charge >= 0.3 is 0 Å². The topological polar surface area (TPSA) is 66.5 Å². The van der Waals surface area contributed by atoms with Crippen molar-refractivity contribution in [3.8, 4) is 0 Å². The van der Waals surface area contributed by atoms with Gasteiger partial charge in [-0.1, -0.05) is 44.2 Å². The Kier molecular flexibility index (Phi) is 6.80. The molecular formula is C20H26N2O3S. The fourth-order valence-electron chi connectivity index (χ4n) is 2.49. The maximum Gasteiger partial charge on any atom is 0.264 e. The lowest BCUT2D eigenvalue weighted by Crippen LogP contribution is -2.43. The van der Waals surface area contributed by atoms with Crippen molar-refractivity contribution in [1.82, 2.24) is 5.32 Å².